The van der Waals surface area contributed by atoms with Crippen molar-refractivity contribution in [2.75, 3.05) is 5.01 Å². The summed E-state index contributed by atoms with van der Waals surface area (Å²) in [5.74, 6) is -0.0699. The van der Waals surface area contributed by atoms with Crippen molar-refractivity contribution in [3.8, 4) is 0 Å². The minimum Gasteiger partial charge on any atom is -0.273 e. The quantitative estimate of drug-likeness (QED) is 0.855. The van der Waals surface area contributed by atoms with Crippen molar-refractivity contribution in [3.63, 3.8) is 0 Å². The van der Waals surface area contributed by atoms with Crippen LogP contribution in [-0.2, 0) is 4.79 Å². The Morgan fingerprint density at radius 2 is 1.24 bits per heavy atom. The zero-order valence-corrected chi connectivity index (χ0v) is 13.1. The van der Waals surface area contributed by atoms with Crippen molar-refractivity contribution in [1.29, 1.82) is 0 Å². The molecule has 0 radical (unpaired) electrons. The highest BCUT2D eigenvalue weighted by Gasteiger charge is 2.14. The van der Waals surface area contributed by atoms with Crippen molar-refractivity contribution in [1.82, 2.24) is 5.43 Å². The molecule has 1 amide bonds. The van der Waals surface area contributed by atoms with Crippen LogP contribution in [0.4, 0.5) is 11.4 Å². The Kier molecular flexibility index (Phi) is 4.63. The molecule has 2 aromatic rings. The number of carbonyl (C=O) groups excluding carboxylic acids is 1. The summed E-state index contributed by atoms with van der Waals surface area (Å²) in [7, 11) is 0. The number of anilines is 2. The van der Waals surface area contributed by atoms with Gasteiger partial charge in [0.2, 0.25) is 5.91 Å². The van der Waals surface area contributed by atoms with Crippen molar-refractivity contribution in [2.45, 2.75) is 27.7 Å². The molecule has 0 spiro atoms. The fourth-order valence-electron chi connectivity index (χ4n) is 1.91. The van der Waals surface area contributed by atoms with Gasteiger partial charge in [-0.3, -0.25) is 15.2 Å². The van der Waals surface area contributed by atoms with Gasteiger partial charge in [-0.1, -0.05) is 49.2 Å². The second-order valence-corrected chi connectivity index (χ2v) is 5.64. The molecule has 21 heavy (non-hydrogen) atoms. The predicted molar refractivity (Wildman–Crippen MR) is 87.5 cm³/mol. The molecule has 0 aromatic heterocycles. The zero-order valence-electron chi connectivity index (χ0n) is 13.1. The van der Waals surface area contributed by atoms with Gasteiger partial charge < -0.3 is 0 Å². The normalized spacial score (nSPS) is 10.5. The molecule has 0 aliphatic carbocycles. The molecule has 0 fully saturated rings. The van der Waals surface area contributed by atoms with Gasteiger partial charge >= 0.3 is 0 Å². The van der Waals surface area contributed by atoms with Crippen molar-refractivity contribution in [3.05, 3.63) is 59.7 Å². The fourth-order valence-corrected chi connectivity index (χ4v) is 1.91. The first-order valence-electron chi connectivity index (χ1n) is 7.21. The largest absolute Gasteiger partial charge is 0.273 e. The first kappa shape index (κ1) is 15.1. The number of aryl methyl sites for hydroxylation is 2. The monoisotopic (exact) mass is 282 g/mol. The first-order chi connectivity index (χ1) is 9.97. The minimum absolute atomic E-state index is 0.00356. The van der Waals surface area contributed by atoms with E-state index in [0.29, 0.717) is 0 Å². The molecule has 0 aliphatic rings. The molecule has 0 saturated carbocycles. The van der Waals surface area contributed by atoms with Gasteiger partial charge in [0.1, 0.15) is 0 Å². The molecule has 110 valence electrons. The Morgan fingerprint density at radius 3 is 1.57 bits per heavy atom. The second-order valence-electron chi connectivity index (χ2n) is 5.64. The van der Waals surface area contributed by atoms with Crippen LogP contribution in [0.3, 0.4) is 0 Å². The van der Waals surface area contributed by atoms with Gasteiger partial charge in [0.25, 0.3) is 0 Å². The van der Waals surface area contributed by atoms with Crippen LogP contribution in [-0.4, -0.2) is 5.91 Å². The highest BCUT2D eigenvalue weighted by molar-refractivity contribution is 5.82. The average Bonchev–Trinajstić information content (AvgIpc) is 2.46. The molecule has 0 aliphatic heterocycles. The topological polar surface area (TPSA) is 32.3 Å². The van der Waals surface area contributed by atoms with Crippen LogP contribution in [0.15, 0.2) is 48.5 Å². The van der Waals surface area contributed by atoms with Crippen LogP contribution < -0.4 is 10.4 Å². The van der Waals surface area contributed by atoms with Gasteiger partial charge in [-0.15, -0.1) is 0 Å². The van der Waals surface area contributed by atoms with Crippen LogP contribution in [0.2, 0.25) is 0 Å². The van der Waals surface area contributed by atoms with Gasteiger partial charge in [-0.05, 0) is 38.1 Å². The average molecular weight is 282 g/mol. The number of benzene rings is 2. The molecule has 2 aromatic carbocycles. The molecule has 0 atom stereocenters. The number of amides is 1. The van der Waals surface area contributed by atoms with Gasteiger partial charge in [-0.25, -0.2) is 0 Å². The number of nitrogens with zero attached hydrogens (tertiary/aromatic N) is 1. The molecule has 0 heterocycles. The van der Waals surface area contributed by atoms with Gasteiger partial charge in [0.15, 0.2) is 0 Å². The Bertz CT molecular complexity index is 555. The first-order valence-corrected chi connectivity index (χ1v) is 7.21. The molecular weight excluding hydrogens is 260 g/mol. The molecule has 2 rings (SSSR count). The van der Waals surface area contributed by atoms with Crippen LogP contribution >= 0.6 is 0 Å². The number of hydrogen-bond acceptors (Lipinski definition) is 2. The van der Waals surface area contributed by atoms with Crippen LogP contribution in [0, 0.1) is 19.8 Å². The highest BCUT2D eigenvalue weighted by Crippen LogP contribution is 2.24. The lowest BCUT2D eigenvalue weighted by Crippen LogP contribution is -2.41. The number of carbonyl (C=O) groups is 1. The highest BCUT2D eigenvalue weighted by atomic mass is 16.2. The summed E-state index contributed by atoms with van der Waals surface area (Å²) < 4.78 is 0. The Hall–Kier alpha value is -2.29. The van der Waals surface area contributed by atoms with E-state index in [2.05, 4.69) is 5.43 Å². The Balaban J connectivity index is 2.36. The molecule has 0 bridgehead atoms. The van der Waals surface area contributed by atoms with Gasteiger partial charge in [0, 0.05) is 5.92 Å². The Labute approximate surface area is 126 Å². The molecule has 1 N–H and O–H groups in total. The number of rotatable bonds is 4. The maximum Gasteiger partial charge on any atom is 0.241 e. The SMILES string of the molecule is Cc1ccc(N(NC(=O)C(C)C)c2ccc(C)cc2)cc1. The number of nitrogens with one attached hydrogen (secondary N) is 1. The summed E-state index contributed by atoms with van der Waals surface area (Å²) in [4.78, 5) is 12.1. The molecule has 3 nitrogen and oxygen atoms in total. The standard InChI is InChI=1S/C18H22N2O/c1-13(2)18(21)19-20(16-9-5-14(3)6-10-16)17-11-7-15(4)8-12-17/h5-13H,1-4H3,(H,19,21). The van der Waals surface area contributed by atoms with E-state index in [-0.39, 0.29) is 11.8 Å². The summed E-state index contributed by atoms with van der Waals surface area (Å²) in [6, 6.07) is 16.2. The summed E-state index contributed by atoms with van der Waals surface area (Å²) in [5.41, 5.74) is 7.25. The van der Waals surface area contributed by atoms with Crippen molar-refractivity contribution in [2.24, 2.45) is 5.92 Å². The predicted octanol–water partition coefficient (Wildman–Crippen LogP) is 4.13. The lowest BCUT2D eigenvalue weighted by molar-refractivity contribution is -0.123. The summed E-state index contributed by atoms with van der Waals surface area (Å²) in [6.45, 7) is 7.87. The third-order valence-corrected chi connectivity index (χ3v) is 3.33. The maximum atomic E-state index is 12.1. The van der Waals surface area contributed by atoms with E-state index >= 15 is 0 Å². The number of hydrogen-bond donors (Lipinski definition) is 1. The minimum atomic E-state index is -0.0663. The van der Waals surface area contributed by atoms with Crippen molar-refractivity contribution >= 4 is 17.3 Å². The van der Waals surface area contributed by atoms with E-state index in [1.165, 1.54) is 11.1 Å². The zero-order chi connectivity index (χ0) is 15.4. The van der Waals surface area contributed by atoms with E-state index in [0.717, 1.165) is 11.4 Å². The van der Waals surface area contributed by atoms with Crippen LogP contribution in [0.1, 0.15) is 25.0 Å². The molecular formula is C18H22N2O. The maximum absolute atomic E-state index is 12.1. The lowest BCUT2D eigenvalue weighted by Gasteiger charge is -2.26. The van der Waals surface area contributed by atoms with Gasteiger partial charge in [-0.2, -0.15) is 0 Å². The van der Waals surface area contributed by atoms with Crippen LogP contribution in [0.5, 0.6) is 0 Å². The van der Waals surface area contributed by atoms with Gasteiger partial charge in [0.05, 0.1) is 11.4 Å². The van der Waals surface area contributed by atoms with Crippen LogP contribution in [0.25, 0.3) is 0 Å². The van der Waals surface area contributed by atoms with Crippen molar-refractivity contribution < 1.29 is 4.79 Å². The van der Waals surface area contributed by atoms with E-state index < -0.39 is 0 Å². The smallest absolute Gasteiger partial charge is 0.241 e. The number of hydrazine groups is 1. The fraction of sp³-hybridized carbons (Fsp3) is 0.278. The van der Waals surface area contributed by atoms with E-state index in [1.807, 2.05) is 81.2 Å². The molecule has 0 saturated heterocycles. The van der Waals surface area contributed by atoms with E-state index in [1.54, 1.807) is 0 Å². The second kappa shape index (κ2) is 6.44. The molecule has 3 heteroatoms. The van der Waals surface area contributed by atoms with E-state index in [4.69, 9.17) is 0 Å². The summed E-state index contributed by atoms with van der Waals surface area (Å²) in [6.07, 6.45) is 0. The third-order valence-electron chi connectivity index (χ3n) is 3.33. The summed E-state index contributed by atoms with van der Waals surface area (Å²) >= 11 is 0. The Morgan fingerprint density at radius 1 is 0.857 bits per heavy atom. The van der Waals surface area contributed by atoms with E-state index in [9.17, 15) is 4.79 Å². The lowest BCUT2D eigenvalue weighted by atomic mass is 10.2. The third kappa shape index (κ3) is 3.85. The summed E-state index contributed by atoms with van der Waals surface area (Å²) in [5, 5.41) is 1.83. The molecule has 0 unspecified atom stereocenters.